The maximum atomic E-state index is 5.51. The SMILES string of the molecule is CCCCCCCCCCCCCCCCCCC#CCCc1ccccc1N=C(CCCC)C(CCCCCC)=Nc1ccccc1CCC#CCCCCCCCCCCCCCCCCCC. The zero-order valence-electron chi connectivity index (χ0n) is 47.0. The van der Waals surface area contributed by atoms with Crippen molar-refractivity contribution in [3.63, 3.8) is 0 Å². The third kappa shape index (κ3) is 36.8. The fourth-order valence-corrected chi connectivity index (χ4v) is 9.82. The summed E-state index contributed by atoms with van der Waals surface area (Å²) < 4.78 is 0. The molecule has 0 atom stereocenters. The van der Waals surface area contributed by atoms with Crippen molar-refractivity contribution >= 4 is 22.8 Å². The van der Waals surface area contributed by atoms with Crippen molar-refractivity contribution in [3.05, 3.63) is 59.7 Å². The lowest BCUT2D eigenvalue weighted by atomic mass is 10.0. The number of unbranched alkanes of at least 4 members (excludes halogenated alkanes) is 36. The molecule has 70 heavy (non-hydrogen) atoms. The van der Waals surface area contributed by atoms with Crippen molar-refractivity contribution in [2.24, 2.45) is 9.98 Å². The van der Waals surface area contributed by atoms with E-state index in [1.807, 2.05) is 0 Å². The van der Waals surface area contributed by atoms with Crippen molar-refractivity contribution < 1.29 is 0 Å². The Kier molecular flexibility index (Phi) is 44.5. The summed E-state index contributed by atoms with van der Waals surface area (Å²) in [6.45, 7) is 9.20. The Labute approximate surface area is 437 Å². The highest BCUT2D eigenvalue weighted by Crippen LogP contribution is 2.26. The summed E-state index contributed by atoms with van der Waals surface area (Å²) in [5.74, 6) is 14.1. The van der Waals surface area contributed by atoms with Gasteiger partial charge in [0.25, 0.3) is 0 Å². The van der Waals surface area contributed by atoms with Crippen LogP contribution in [0.25, 0.3) is 0 Å². The van der Waals surface area contributed by atoms with Gasteiger partial charge in [0, 0.05) is 25.7 Å². The summed E-state index contributed by atoms with van der Waals surface area (Å²) in [6.07, 6.45) is 59.9. The first kappa shape index (κ1) is 63.0. The van der Waals surface area contributed by atoms with E-state index in [4.69, 9.17) is 9.98 Å². The highest BCUT2D eigenvalue weighted by molar-refractivity contribution is 6.43. The first-order valence-electron chi connectivity index (χ1n) is 31.0. The Hall–Kier alpha value is -3.10. The molecule has 0 fully saturated rings. The van der Waals surface area contributed by atoms with Crippen LogP contribution < -0.4 is 0 Å². The van der Waals surface area contributed by atoms with Crippen LogP contribution in [0.1, 0.15) is 321 Å². The summed E-state index contributed by atoms with van der Waals surface area (Å²) in [6, 6.07) is 17.6. The molecule has 2 heteroatoms. The molecule has 2 aromatic carbocycles. The summed E-state index contributed by atoms with van der Waals surface area (Å²) in [5, 5.41) is 0. The summed E-state index contributed by atoms with van der Waals surface area (Å²) in [4.78, 5) is 11.0. The molecule has 0 amide bonds. The number of aryl methyl sites for hydroxylation is 2. The highest BCUT2D eigenvalue weighted by Gasteiger charge is 2.13. The van der Waals surface area contributed by atoms with Gasteiger partial charge in [0.1, 0.15) is 0 Å². The molecule has 0 aliphatic carbocycles. The number of benzene rings is 2. The molecule has 0 bridgehead atoms. The van der Waals surface area contributed by atoms with Crippen LogP contribution in [-0.2, 0) is 12.8 Å². The minimum atomic E-state index is 0.892. The lowest BCUT2D eigenvalue weighted by Crippen LogP contribution is -2.15. The molecular formula is C68H112N2. The van der Waals surface area contributed by atoms with E-state index in [9.17, 15) is 0 Å². The molecule has 0 heterocycles. The minimum absolute atomic E-state index is 0.892. The van der Waals surface area contributed by atoms with Crippen LogP contribution >= 0.6 is 0 Å². The molecule has 0 unspecified atom stereocenters. The number of para-hydroxylation sites is 2. The fraction of sp³-hybridized carbons (Fsp3) is 0.735. The Morgan fingerprint density at radius 3 is 0.871 bits per heavy atom. The third-order valence-electron chi connectivity index (χ3n) is 14.5. The molecule has 0 aliphatic rings. The number of hydrogen-bond donors (Lipinski definition) is 0. The lowest BCUT2D eigenvalue weighted by Gasteiger charge is -2.14. The second-order valence-corrected chi connectivity index (χ2v) is 21.1. The number of rotatable bonds is 47. The molecule has 0 aliphatic heterocycles. The Morgan fingerprint density at radius 2 is 0.543 bits per heavy atom. The first-order chi connectivity index (χ1) is 34.7. The van der Waals surface area contributed by atoms with Gasteiger partial charge < -0.3 is 0 Å². The van der Waals surface area contributed by atoms with Crippen molar-refractivity contribution in [1.82, 2.24) is 0 Å². The van der Waals surface area contributed by atoms with Gasteiger partial charge in [0.2, 0.25) is 0 Å². The molecule has 2 aromatic rings. The number of nitrogens with zero attached hydrogens (tertiary/aromatic N) is 2. The Bertz CT molecular complexity index is 1660. The van der Waals surface area contributed by atoms with Crippen molar-refractivity contribution in [2.45, 2.75) is 323 Å². The highest BCUT2D eigenvalue weighted by atomic mass is 14.8. The molecule has 0 saturated carbocycles. The van der Waals surface area contributed by atoms with Crippen molar-refractivity contribution in [3.8, 4) is 23.7 Å². The Morgan fingerprint density at radius 1 is 0.286 bits per heavy atom. The van der Waals surface area contributed by atoms with Crippen LogP contribution in [0.4, 0.5) is 11.4 Å². The normalized spacial score (nSPS) is 11.7. The van der Waals surface area contributed by atoms with Gasteiger partial charge in [-0.1, -0.05) is 282 Å². The molecule has 0 saturated heterocycles. The summed E-state index contributed by atoms with van der Waals surface area (Å²) >= 11 is 0. The van der Waals surface area contributed by atoms with Crippen LogP contribution in [0.2, 0.25) is 0 Å². The van der Waals surface area contributed by atoms with E-state index in [2.05, 4.69) is 99.9 Å². The van der Waals surface area contributed by atoms with E-state index >= 15 is 0 Å². The quantitative estimate of drug-likeness (QED) is 0.0359. The topological polar surface area (TPSA) is 24.7 Å². The van der Waals surface area contributed by atoms with E-state index in [1.54, 1.807) is 0 Å². The molecule has 394 valence electrons. The van der Waals surface area contributed by atoms with Gasteiger partial charge in [0.15, 0.2) is 0 Å². The van der Waals surface area contributed by atoms with Gasteiger partial charge in [-0.3, -0.25) is 9.98 Å². The van der Waals surface area contributed by atoms with Gasteiger partial charge in [-0.2, -0.15) is 0 Å². The minimum Gasteiger partial charge on any atom is -0.251 e. The van der Waals surface area contributed by atoms with Gasteiger partial charge in [-0.25, -0.2) is 0 Å². The monoisotopic (exact) mass is 957 g/mol. The van der Waals surface area contributed by atoms with Crippen molar-refractivity contribution in [1.29, 1.82) is 0 Å². The molecule has 2 nitrogen and oxygen atoms in total. The maximum Gasteiger partial charge on any atom is 0.0666 e. The molecule has 0 radical (unpaired) electrons. The van der Waals surface area contributed by atoms with Crippen molar-refractivity contribution in [2.75, 3.05) is 0 Å². The van der Waals surface area contributed by atoms with Gasteiger partial charge in [0.05, 0.1) is 22.8 Å². The first-order valence-corrected chi connectivity index (χ1v) is 31.0. The maximum absolute atomic E-state index is 5.51. The second kappa shape index (κ2) is 49.5. The van der Waals surface area contributed by atoms with E-state index in [1.165, 1.54) is 247 Å². The third-order valence-corrected chi connectivity index (χ3v) is 14.5. The zero-order valence-corrected chi connectivity index (χ0v) is 47.0. The number of hydrogen-bond acceptors (Lipinski definition) is 2. The molecule has 0 spiro atoms. The molecular weight excluding hydrogens is 845 g/mol. The average molecular weight is 958 g/mol. The van der Waals surface area contributed by atoms with Crippen LogP contribution in [-0.4, -0.2) is 11.4 Å². The second-order valence-electron chi connectivity index (χ2n) is 21.1. The van der Waals surface area contributed by atoms with Gasteiger partial charge >= 0.3 is 0 Å². The van der Waals surface area contributed by atoms with Crippen LogP contribution in [0, 0.1) is 23.7 Å². The largest absolute Gasteiger partial charge is 0.251 e. The molecule has 0 N–H and O–H groups in total. The fourth-order valence-electron chi connectivity index (χ4n) is 9.82. The van der Waals surface area contributed by atoms with Crippen LogP contribution in [0.5, 0.6) is 0 Å². The average Bonchev–Trinajstić information content (AvgIpc) is 3.38. The lowest BCUT2D eigenvalue weighted by molar-refractivity contribution is 0.530. The van der Waals surface area contributed by atoms with E-state index in [0.29, 0.717) is 0 Å². The summed E-state index contributed by atoms with van der Waals surface area (Å²) in [7, 11) is 0. The van der Waals surface area contributed by atoms with Gasteiger partial charge in [-0.05, 0) is 74.6 Å². The smallest absolute Gasteiger partial charge is 0.0666 e. The van der Waals surface area contributed by atoms with Gasteiger partial charge in [-0.15, -0.1) is 23.7 Å². The summed E-state index contributed by atoms with van der Waals surface area (Å²) in [5.41, 5.74) is 7.16. The molecule has 0 aromatic heterocycles. The van der Waals surface area contributed by atoms with E-state index in [0.717, 1.165) is 82.0 Å². The Balaban J connectivity index is 1.84. The zero-order chi connectivity index (χ0) is 49.9. The predicted molar refractivity (Wildman–Crippen MR) is 316 cm³/mol. The van der Waals surface area contributed by atoms with E-state index < -0.39 is 0 Å². The molecule has 2 rings (SSSR count). The van der Waals surface area contributed by atoms with E-state index in [-0.39, 0.29) is 0 Å². The van der Waals surface area contributed by atoms with Crippen LogP contribution in [0.15, 0.2) is 58.5 Å². The van der Waals surface area contributed by atoms with Crippen LogP contribution in [0.3, 0.4) is 0 Å². The standard InChI is InChI=1S/C68H112N2/c1-5-9-13-16-18-20-22-24-26-28-30-32-34-36-38-40-42-44-46-48-55-63-57-51-53-60-65(63)69-67(59-12-8-4)68(62-50-15-11-7-3)70-66-61-54-52-58-64(66)56-49-47-45-43-41-39-37-35-33-31-29-27-25-23-21-19-17-14-10-6-2/h51-54,57-58,60-61H,5-43,48-50,55-56,59,62H2,1-4H3. The number of aliphatic imine (C=N–C) groups is 2. The predicted octanol–water partition coefficient (Wildman–Crippen LogP) is 22.9.